The zero-order valence-corrected chi connectivity index (χ0v) is 9.69. The van der Waals surface area contributed by atoms with Crippen molar-refractivity contribution in [1.29, 1.82) is 0 Å². The smallest absolute Gasteiger partial charge is 0.344 e. The van der Waals surface area contributed by atoms with E-state index in [0.717, 1.165) is 18.4 Å². The van der Waals surface area contributed by atoms with Crippen LogP contribution in [0.1, 0.15) is 19.3 Å². The standard InChI is InChI=1S/C13H16O4/c1-8-2-12(8)15-7-13(14)16-6-9-3-10-5-11(4-9)17-10/h2,9-11H,1,3-7H2. The van der Waals surface area contributed by atoms with Crippen LogP contribution in [0.15, 0.2) is 24.0 Å². The average molecular weight is 236 g/mol. The molecule has 0 N–H and O–H groups in total. The third kappa shape index (κ3) is 2.52. The van der Waals surface area contributed by atoms with Crippen molar-refractivity contribution in [3.05, 3.63) is 24.0 Å². The molecule has 2 unspecified atom stereocenters. The van der Waals surface area contributed by atoms with Gasteiger partial charge >= 0.3 is 5.97 Å². The summed E-state index contributed by atoms with van der Waals surface area (Å²) < 4.78 is 15.9. The fourth-order valence-electron chi connectivity index (χ4n) is 2.48. The van der Waals surface area contributed by atoms with Crippen LogP contribution in [0, 0.1) is 5.92 Å². The van der Waals surface area contributed by atoms with E-state index in [9.17, 15) is 4.79 Å². The Labute approximate surface area is 100 Å². The van der Waals surface area contributed by atoms with Gasteiger partial charge in [-0.2, -0.15) is 0 Å². The number of ether oxygens (including phenoxy) is 3. The van der Waals surface area contributed by atoms with E-state index < -0.39 is 0 Å². The van der Waals surface area contributed by atoms with Gasteiger partial charge in [0.1, 0.15) is 5.76 Å². The quantitative estimate of drug-likeness (QED) is 0.680. The molecule has 0 aromatic carbocycles. The molecule has 4 rings (SSSR count). The van der Waals surface area contributed by atoms with Crippen molar-refractivity contribution in [2.75, 3.05) is 13.2 Å². The normalized spacial score (nSPS) is 33.5. The van der Waals surface area contributed by atoms with E-state index in [4.69, 9.17) is 14.2 Å². The molecule has 2 aliphatic heterocycles. The van der Waals surface area contributed by atoms with Crippen molar-refractivity contribution in [2.24, 2.45) is 5.92 Å². The minimum Gasteiger partial charge on any atom is -0.481 e. The van der Waals surface area contributed by atoms with Crippen LogP contribution in [0.2, 0.25) is 0 Å². The van der Waals surface area contributed by atoms with Crippen molar-refractivity contribution < 1.29 is 19.0 Å². The summed E-state index contributed by atoms with van der Waals surface area (Å²) in [6, 6.07) is 0. The van der Waals surface area contributed by atoms with Crippen LogP contribution in [0.25, 0.3) is 0 Å². The van der Waals surface area contributed by atoms with Crippen molar-refractivity contribution in [2.45, 2.75) is 31.5 Å². The van der Waals surface area contributed by atoms with Gasteiger partial charge in [-0.15, -0.1) is 0 Å². The third-order valence-corrected chi connectivity index (χ3v) is 3.47. The largest absolute Gasteiger partial charge is 0.481 e. The molecular formula is C13H16O4. The van der Waals surface area contributed by atoms with Crippen LogP contribution in [0.5, 0.6) is 0 Å². The summed E-state index contributed by atoms with van der Waals surface area (Å²) in [4.78, 5) is 11.4. The fraction of sp³-hybridized carbons (Fsp3) is 0.615. The SMILES string of the molecule is C=C1C=C1OCC(=O)OCC1CC2CC(C1)O2. The molecule has 2 saturated heterocycles. The van der Waals surface area contributed by atoms with E-state index in [2.05, 4.69) is 6.58 Å². The number of fused-ring (bicyclic) bond motifs is 2. The number of carbonyl (C=O) groups excluding carboxylic acids is 1. The molecule has 2 bridgehead atoms. The summed E-state index contributed by atoms with van der Waals surface area (Å²) in [5.74, 6) is 0.881. The Hall–Kier alpha value is -1.29. The minimum absolute atomic E-state index is 0.0130. The molecule has 4 heteroatoms. The third-order valence-electron chi connectivity index (χ3n) is 3.47. The van der Waals surface area contributed by atoms with Gasteiger partial charge in [0.05, 0.1) is 18.8 Å². The van der Waals surface area contributed by atoms with Crippen LogP contribution in [-0.4, -0.2) is 31.4 Å². The molecule has 17 heavy (non-hydrogen) atoms. The highest BCUT2D eigenvalue weighted by Crippen LogP contribution is 2.38. The van der Waals surface area contributed by atoms with Crippen LogP contribution < -0.4 is 0 Å². The molecule has 0 aromatic rings. The monoisotopic (exact) mass is 236 g/mol. The first kappa shape index (κ1) is 10.8. The number of carbonyl (C=O) groups is 1. The lowest BCUT2D eigenvalue weighted by Gasteiger charge is -2.45. The maximum Gasteiger partial charge on any atom is 0.344 e. The summed E-state index contributed by atoms with van der Waals surface area (Å²) in [5, 5.41) is 0. The van der Waals surface area contributed by atoms with E-state index in [1.54, 1.807) is 6.08 Å². The summed E-state index contributed by atoms with van der Waals surface area (Å²) in [7, 11) is 0. The van der Waals surface area contributed by atoms with Gasteiger partial charge < -0.3 is 14.2 Å². The van der Waals surface area contributed by atoms with Crippen LogP contribution in [0.3, 0.4) is 0 Å². The molecule has 2 atom stereocenters. The first-order valence-corrected chi connectivity index (χ1v) is 6.05. The maximum absolute atomic E-state index is 11.4. The first-order valence-electron chi connectivity index (χ1n) is 6.05. The lowest BCUT2D eigenvalue weighted by Crippen LogP contribution is -2.46. The first-order chi connectivity index (χ1) is 8.20. The average Bonchev–Trinajstić information content (AvgIpc) is 2.99. The van der Waals surface area contributed by atoms with Crippen LogP contribution in [-0.2, 0) is 19.0 Å². The highest BCUT2D eigenvalue weighted by Gasteiger charge is 2.39. The Morgan fingerprint density at radius 3 is 2.65 bits per heavy atom. The number of allylic oxidation sites excluding steroid dienone is 2. The molecule has 92 valence electrons. The van der Waals surface area contributed by atoms with E-state index >= 15 is 0 Å². The van der Waals surface area contributed by atoms with Crippen LogP contribution >= 0.6 is 0 Å². The van der Waals surface area contributed by atoms with E-state index in [1.807, 2.05) is 0 Å². The topological polar surface area (TPSA) is 44.8 Å². The maximum atomic E-state index is 11.4. The number of esters is 1. The van der Waals surface area contributed by atoms with Crippen molar-refractivity contribution in [3.63, 3.8) is 0 Å². The van der Waals surface area contributed by atoms with Gasteiger partial charge in [-0.25, -0.2) is 4.79 Å². The summed E-state index contributed by atoms with van der Waals surface area (Å²) in [6.07, 6.45) is 5.84. The van der Waals surface area contributed by atoms with Gasteiger partial charge in [-0.05, 0) is 31.3 Å². The molecule has 2 heterocycles. The van der Waals surface area contributed by atoms with Gasteiger partial charge in [0.15, 0.2) is 6.61 Å². The predicted octanol–water partition coefficient (Wildman–Crippen LogP) is 1.57. The number of rotatable bonds is 5. The van der Waals surface area contributed by atoms with E-state index in [1.165, 1.54) is 6.42 Å². The van der Waals surface area contributed by atoms with E-state index in [0.29, 0.717) is 30.5 Å². The Bertz CT molecular complexity index is 369. The van der Waals surface area contributed by atoms with Gasteiger partial charge in [0, 0.05) is 5.57 Å². The molecule has 3 fully saturated rings. The number of hydrogen-bond acceptors (Lipinski definition) is 4. The zero-order valence-electron chi connectivity index (χ0n) is 9.69. The lowest BCUT2D eigenvalue weighted by molar-refractivity contribution is -0.183. The van der Waals surface area contributed by atoms with Gasteiger partial charge in [0.2, 0.25) is 0 Å². The molecule has 0 radical (unpaired) electrons. The molecule has 2 aliphatic carbocycles. The highest BCUT2D eigenvalue weighted by molar-refractivity contribution is 5.71. The van der Waals surface area contributed by atoms with Crippen LogP contribution in [0.4, 0.5) is 0 Å². The molecule has 0 spiro atoms. The predicted molar refractivity (Wildman–Crippen MR) is 60.1 cm³/mol. The molecule has 1 saturated carbocycles. The van der Waals surface area contributed by atoms with Crippen molar-refractivity contribution in [1.82, 2.24) is 0 Å². The van der Waals surface area contributed by atoms with E-state index in [-0.39, 0.29) is 12.6 Å². The Morgan fingerprint density at radius 2 is 2.06 bits per heavy atom. The zero-order chi connectivity index (χ0) is 11.8. The van der Waals surface area contributed by atoms with Gasteiger partial charge in [-0.3, -0.25) is 0 Å². The summed E-state index contributed by atoms with van der Waals surface area (Å²) >= 11 is 0. The Balaban J connectivity index is 1.32. The van der Waals surface area contributed by atoms with Gasteiger partial charge in [-0.1, -0.05) is 6.58 Å². The lowest BCUT2D eigenvalue weighted by atomic mass is 9.81. The molecule has 0 aromatic heterocycles. The summed E-state index contributed by atoms with van der Waals surface area (Å²) in [5.41, 5.74) is 0.863. The van der Waals surface area contributed by atoms with Crippen molar-refractivity contribution >= 4 is 5.97 Å². The highest BCUT2D eigenvalue weighted by atomic mass is 16.6. The van der Waals surface area contributed by atoms with Crippen molar-refractivity contribution in [3.8, 4) is 0 Å². The molecule has 4 aliphatic rings. The Kier molecular flexibility index (Phi) is 2.67. The summed E-state index contributed by atoms with van der Waals surface area (Å²) in [6.45, 7) is 4.16. The number of hydrogen-bond donors (Lipinski definition) is 0. The molecule has 4 nitrogen and oxygen atoms in total. The second kappa shape index (κ2) is 4.18. The fourth-order valence-corrected chi connectivity index (χ4v) is 2.48. The molecule has 0 amide bonds. The Morgan fingerprint density at radius 1 is 1.41 bits per heavy atom. The second-order valence-corrected chi connectivity index (χ2v) is 4.96. The van der Waals surface area contributed by atoms with Gasteiger partial charge in [0.25, 0.3) is 0 Å². The molecular weight excluding hydrogens is 220 g/mol. The second-order valence-electron chi connectivity index (χ2n) is 4.96. The minimum atomic E-state index is -0.300.